The van der Waals surface area contributed by atoms with Gasteiger partial charge in [-0.3, -0.25) is 4.98 Å². The zero-order chi connectivity index (χ0) is 15.1. The SMILES string of the molecule is O=C(COc1ccc(Cl)cc1Cl)O/N=C/c1ccccn1. The molecule has 0 radical (unpaired) electrons. The Balaban J connectivity index is 1.81. The topological polar surface area (TPSA) is 60.8 Å². The van der Waals surface area contributed by atoms with Crippen molar-refractivity contribution < 1.29 is 14.4 Å². The number of carbonyl (C=O) groups excluding carboxylic acids is 1. The van der Waals surface area contributed by atoms with Crippen molar-refractivity contribution in [1.29, 1.82) is 0 Å². The molecule has 108 valence electrons. The molecular formula is C14H10Cl2N2O3. The Morgan fingerprint density at radius 3 is 2.86 bits per heavy atom. The first-order valence-electron chi connectivity index (χ1n) is 5.87. The minimum Gasteiger partial charge on any atom is -0.480 e. The number of hydrogen-bond acceptors (Lipinski definition) is 5. The normalized spacial score (nSPS) is 10.6. The monoisotopic (exact) mass is 324 g/mol. The molecule has 0 aliphatic rings. The van der Waals surface area contributed by atoms with Crippen molar-refractivity contribution in [1.82, 2.24) is 4.98 Å². The van der Waals surface area contributed by atoms with Gasteiger partial charge in [0.05, 0.1) is 16.9 Å². The zero-order valence-corrected chi connectivity index (χ0v) is 12.2. The average molecular weight is 325 g/mol. The number of pyridine rings is 1. The first-order chi connectivity index (χ1) is 10.1. The molecule has 7 heteroatoms. The summed E-state index contributed by atoms with van der Waals surface area (Å²) in [7, 11) is 0. The van der Waals surface area contributed by atoms with E-state index in [-0.39, 0.29) is 6.61 Å². The third kappa shape index (κ3) is 5.06. The molecule has 0 aliphatic heterocycles. The second kappa shape index (κ2) is 7.61. The van der Waals surface area contributed by atoms with Crippen LogP contribution in [0.5, 0.6) is 5.75 Å². The molecule has 0 saturated heterocycles. The van der Waals surface area contributed by atoms with Crippen molar-refractivity contribution in [3.8, 4) is 5.75 Å². The molecule has 0 fully saturated rings. The minimum atomic E-state index is -0.659. The van der Waals surface area contributed by atoms with Gasteiger partial charge in [-0.2, -0.15) is 0 Å². The van der Waals surface area contributed by atoms with Crippen LogP contribution in [0.1, 0.15) is 5.69 Å². The van der Waals surface area contributed by atoms with E-state index in [1.54, 1.807) is 36.5 Å². The maximum atomic E-state index is 11.4. The highest BCUT2D eigenvalue weighted by Crippen LogP contribution is 2.27. The number of nitrogens with zero attached hydrogens (tertiary/aromatic N) is 2. The Hall–Kier alpha value is -2.11. The second-order valence-corrected chi connectivity index (χ2v) is 4.66. The number of halogens is 2. The molecule has 2 aromatic rings. The van der Waals surface area contributed by atoms with Gasteiger partial charge < -0.3 is 9.57 Å². The molecule has 1 aromatic carbocycles. The van der Waals surface area contributed by atoms with Crippen LogP contribution in [-0.4, -0.2) is 23.8 Å². The molecule has 1 heterocycles. The predicted molar refractivity (Wildman–Crippen MR) is 79.9 cm³/mol. The highest BCUT2D eigenvalue weighted by atomic mass is 35.5. The van der Waals surface area contributed by atoms with Crippen molar-refractivity contribution in [3.63, 3.8) is 0 Å². The van der Waals surface area contributed by atoms with E-state index < -0.39 is 5.97 Å². The number of aromatic nitrogens is 1. The van der Waals surface area contributed by atoms with Crippen LogP contribution in [0.3, 0.4) is 0 Å². The van der Waals surface area contributed by atoms with Crippen LogP contribution in [0.25, 0.3) is 0 Å². The highest BCUT2D eigenvalue weighted by Gasteiger charge is 2.07. The van der Waals surface area contributed by atoms with Gasteiger partial charge in [0, 0.05) is 11.2 Å². The van der Waals surface area contributed by atoms with Crippen LogP contribution < -0.4 is 4.74 Å². The van der Waals surface area contributed by atoms with E-state index in [0.717, 1.165) is 0 Å². The first-order valence-corrected chi connectivity index (χ1v) is 6.63. The molecule has 0 atom stereocenters. The predicted octanol–water partition coefficient (Wildman–Crippen LogP) is 3.34. The fourth-order valence-electron chi connectivity index (χ4n) is 1.35. The van der Waals surface area contributed by atoms with Gasteiger partial charge in [0.25, 0.3) is 0 Å². The van der Waals surface area contributed by atoms with Crippen molar-refractivity contribution in [2.45, 2.75) is 0 Å². The Morgan fingerprint density at radius 2 is 2.14 bits per heavy atom. The lowest BCUT2D eigenvalue weighted by molar-refractivity contribution is -0.145. The standard InChI is InChI=1S/C14H10Cl2N2O3/c15-10-4-5-13(12(16)7-10)20-9-14(19)21-18-8-11-3-1-2-6-17-11/h1-8H,9H2/b18-8+. The summed E-state index contributed by atoms with van der Waals surface area (Å²) in [5.74, 6) is -0.320. The Kier molecular flexibility index (Phi) is 5.54. The van der Waals surface area contributed by atoms with E-state index in [1.165, 1.54) is 12.3 Å². The lowest BCUT2D eigenvalue weighted by Crippen LogP contribution is -2.12. The largest absolute Gasteiger partial charge is 0.480 e. The van der Waals surface area contributed by atoms with Crippen LogP contribution in [-0.2, 0) is 9.63 Å². The minimum absolute atomic E-state index is 0.312. The summed E-state index contributed by atoms with van der Waals surface area (Å²) in [6.45, 7) is -0.319. The summed E-state index contributed by atoms with van der Waals surface area (Å²) in [5.41, 5.74) is 0.576. The fraction of sp³-hybridized carbons (Fsp3) is 0.0714. The number of hydrogen-bond donors (Lipinski definition) is 0. The molecule has 5 nitrogen and oxygen atoms in total. The Labute approximate surface area is 131 Å². The smallest absolute Gasteiger partial charge is 0.372 e. The summed E-state index contributed by atoms with van der Waals surface area (Å²) in [5, 5.41) is 4.31. The van der Waals surface area contributed by atoms with Gasteiger partial charge in [-0.25, -0.2) is 4.79 Å². The summed E-state index contributed by atoms with van der Waals surface area (Å²) < 4.78 is 5.20. The maximum absolute atomic E-state index is 11.4. The summed E-state index contributed by atoms with van der Waals surface area (Å²) >= 11 is 11.6. The molecule has 0 N–H and O–H groups in total. The van der Waals surface area contributed by atoms with Crippen LogP contribution in [0, 0.1) is 0 Å². The summed E-state index contributed by atoms with van der Waals surface area (Å²) in [6, 6.07) is 9.97. The molecule has 0 saturated carbocycles. The Morgan fingerprint density at radius 1 is 1.29 bits per heavy atom. The Bertz CT molecular complexity index is 648. The number of carbonyl (C=O) groups is 1. The highest BCUT2D eigenvalue weighted by molar-refractivity contribution is 6.35. The molecular weight excluding hydrogens is 315 g/mol. The molecule has 0 unspecified atom stereocenters. The lowest BCUT2D eigenvalue weighted by Gasteiger charge is -2.06. The van der Waals surface area contributed by atoms with Gasteiger partial charge >= 0.3 is 5.97 Å². The number of oxime groups is 1. The van der Waals surface area contributed by atoms with E-state index in [9.17, 15) is 4.79 Å². The van der Waals surface area contributed by atoms with Gasteiger partial charge in [-0.15, -0.1) is 0 Å². The van der Waals surface area contributed by atoms with Gasteiger partial charge in [-0.05, 0) is 30.3 Å². The van der Waals surface area contributed by atoms with Crippen LogP contribution in [0.2, 0.25) is 10.0 Å². The van der Waals surface area contributed by atoms with Crippen molar-refractivity contribution in [2.24, 2.45) is 5.16 Å². The molecule has 2 rings (SSSR count). The quantitative estimate of drug-likeness (QED) is 0.480. The van der Waals surface area contributed by atoms with Crippen LogP contribution >= 0.6 is 23.2 Å². The summed E-state index contributed by atoms with van der Waals surface area (Å²) in [6.07, 6.45) is 2.93. The van der Waals surface area contributed by atoms with Gasteiger partial charge in [0.15, 0.2) is 6.61 Å². The maximum Gasteiger partial charge on any atom is 0.372 e. The number of ether oxygens (including phenoxy) is 1. The number of benzene rings is 1. The summed E-state index contributed by atoms with van der Waals surface area (Å²) in [4.78, 5) is 20.0. The lowest BCUT2D eigenvalue weighted by atomic mass is 10.3. The second-order valence-electron chi connectivity index (χ2n) is 3.82. The first kappa shape index (κ1) is 15.3. The van der Waals surface area contributed by atoms with E-state index in [0.29, 0.717) is 21.5 Å². The third-order valence-corrected chi connectivity index (χ3v) is 2.80. The molecule has 0 spiro atoms. The number of rotatable bonds is 5. The molecule has 1 aromatic heterocycles. The van der Waals surface area contributed by atoms with Crippen LogP contribution in [0.4, 0.5) is 0 Å². The van der Waals surface area contributed by atoms with Crippen molar-refractivity contribution in [2.75, 3.05) is 6.61 Å². The van der Waals surface area contributed by atoms with E-state index >= 15 is 0 Å². The molecule has 21 heavy (non-hydrogen) atoms. The zero-order valence-electron chi connectivity index (χ0n) is 10.7. The van der Waals surface area contributed by atoms with Crippen molar-refractivity contribution in [3.05, 3.63) is 58.3 Å². The average Bonchev–Trinajstić information content (AvgIpc) is 2.47. The van der Waals surface area contributed by atoms with Crippen LogP contribution in [0.15, 0.2) is 47.8 Å². The van der Waals surface area contributed by atoms with E-state index in [1.807, 2.05) is 0 Å². The van der Waals surface area contributed by atoms with E-state index in [2.05, 4.69) is 15.0 Å². The molecule has 0 amide bonds. The van der Waals surface area contributed by atoms with Gasteiger partial charge in [-0.1, -0.05) is 34.4 Å². The van der Waals surface area contributed by atoms with Gasteiger partial charge in [0.1, 0.15) is 5.75 Å². The molecule has 0 aliphatic carbocycles. The third-order valence-electron chi connectivity index (χ3n) is 2.27. The fourth-order valence-corrected chi connectivity index (χ4v) is 1.81. The van der Waals surface area contributed by atoms with Gasteiger partial charge in [0.2, 0.25) is 0 Å². The molecule has 0 bridgehead atoms. The van der Waals surface area contributed by atoms with E-state index in [4.69, 9.17) is 27.9 Å². The van der Waals surface area contributed by atoms with Crippen molar-refractivity contribution >= 4 is 35.4 Å².